The van der Waals surface area contributed by atoms with Crippen LogP contribution in [0.15, 0.2) is 0 Å². The molecule has 120 valence electrons. The van der Waals surface area contributed by atoms with E-state index in [4.69, 9.17) is 5.11 Å². The monoisotopic (exact) mass is 289 g/mol. The van der Waals surface area contributed by atoms with Crippen molar-refractivity contribution in [2.24, 2.45) is 0 Å². The summed E-state index contributed by atoms with van der Waals surface area (Å²) in [7, 11) is 0. The third kappa shape index (κ3) is 15.4. The van der Waals surface area contributed by atoms with Gasteiger partial charge in [0, 0.05) is 13.0 Å². The minimum absolute atomic E-state index is 0.124. The third-order valence-corrected chi connectivity index (χ3v) is 3.41. The Labute approximate surface area is 123 Å². The Hall–Kier alpha value is -0.640. The van der Waals surface area contributed by atoms with Gasteiger partial charge in [0.25, 0.3) is 0 Å². The molecule has 0 aliphatic heterocycles. The van der Waals surface area contributed by atoms with E-state index in [9.17, 15) is 9.18 Å². The number of carbonyl (C=O) groups is 1. The second-order valence-corrected chi connectivity index (χ2v) is 5.61. The van der Waals surface area contributed by atoms with E-state index >= 15 is 0 Å². The molecule has 0 aliphatic rings. The molecule has 0 aliphatic carbocycles. The fourth-order valence-corrected chi connectivity index (χ4v) is 2.15. The van der Waals surface area contributed by atoms with Crippen LogP contribution in [0.4, 0.5) is 4.39 Å². The molecule has 1 atom stereocenters. The number of carbonyl (C=O) groups excluding carboxylic acids is 1. The zero-order valence-electron chi connectivity index (χ0n) is 13.0. The summed E-state index contributed by atoms with van der Waals surface area (Å²) in [6.45, 7) is 2.24. The molecule has 0 saturated carbocycles. The lowest BCUT2D eigenvalue weighted by atomic mass is 10.1. The molecule has 4 heteroatoms. The summed E-state index contributed by atoms with van der Waals surface area (Å²) in [6, 6.07) is 0. The van der Waals surface area contributed by atoms with E-state index in [0.717, 1.165) is 38.5 Å². The van der Waals surface area contributed by atoms with E-state index in [1.165, 1.54) is 19.3 Å². The maximum atomic E-state index is 11.8. The van der Waals surface area contributed by atoms with Gasteiger partial charge in [-0.2, -0.15) is 0 Å². The molecule has 0 rings (SSSR count). The summed E-state index contributed by atoms with van der Waals surface area (Å²) in [5, 5.41) is 12.0. The van der Waals surface area contributed by atoms with Crippen LogP contribution in [0.25, 0.3) is 0 Å². The van der Waals surface area contributed by atoms with Gasteiger partial charge in [0.2, 0.25) is 5.91 Å². The molecule has 0 fully saturated rings. The number of amides is 1. The SMILES string of the molecule is CC(O)CCCNC(=O)CCCCCCCCCCF. The van der Waals surface area contributed by atoms with Gasteiger partial charge in [0.15, 0.2) is 0 Å². The van der Waals surface area contributed by atoms with E-state index in [-0.39, 0.29) is 18.7 Å². The molecule has 0 radical (unpaired) electrons. The van der Waals surface area contributed by atoms with Gasteiger partial charge in [-0.15, -0.1) is 0 Å². The summed E-state index contributed by atoms with van der Waals surface area (Å²) in [5.41, 5.74) is 0. The van der Waals surface area contributed by atoms with Gasteiger partial charge in [-0.3, -0.25) is 9.18 Å². The minimum Gasteiger partial charge on any atom is -0.393 e. The molecule has 0 aromatic heterocycles. The van der Waals surface area contributed by atoms with Gasteiger partial charge in [0.05, 0.1) is 12.8 Å². The van der Waals surface area contributed by atoms with E-state index in [2.05, 4.69) is 5.32 Å². The van der Waals surface area contributed by atoms with Crippen LogP contribution in [0.5, 0.6) is 0 Å². The van der Waals surface area contributed by atoms with Crippen molar-refractivity contribution in [3.8, 4) is 0 Å². The normalized spacial score (nSPS) is 12.3. The van der Waals surface area contributed by atoms with Crippen LogP contribution in [-0.4, -0.2) is 30.3 Å². The zero-order chi connectivity index (χ0) is 15.1. The van der Waals surface area contributed by atoms with Crippen molar-refractivity contribution in [1.82, 2.24) is 5.32 Å². The Morgan fingerprint density at radius 2 is 1.55 bits per heavy atom. The predicted molar refractivity (Wildman–Crippen MR) is 81.5 cm³/mol. The Bertz CT molecular complexity index is 223. The van der Waals surface area contributed by atoms with Gasteiger partial charge in [-0.05, 0) is 32.6 Å². The van der Waals surface area contributed by atoms with E-state index < -0.39 is 0 Å². The molecule has 2 N–H and O–H groups in total. The highest BCUT2D eigenvalue weighted by molar-refractivity contribution is 5.75. The lowest BCUT2D eigenvalue weighted by Gasteiger charge is -2.06. The van der Waals surface area contributed by atoms with Gasteiger partial charge < -0.3 is 10.4 Å². The Morgan fingerprint density at radius 3 is 2.10 bits per heavy atom. The first-order chi connectivity index (χ1) is 9.66. The fourth-order valence-electron chi connectivity index (χ4n) is 2.15. The Morgan fingerprint density at radius 1 is 1.00 bits per heavy atom. The van der Waals surface area contributed by atoms with Crippen LogP contribution in [0, 0.1) is 0 Å². The fraction of sp³-hybridized carbons (Fsp3) is 0.938. The first-order valence-corrected chi connectivity index (χ1v) is 8.17. The van der Waals surface area contributed by atoms with E-state index in [1.54, 1.807) is 6.92 Å². The van der Waals surface area contributed by atoms with Crippen molar-refractivity contribution >= 4 is 5.91 Å². The predicted octanol–water partition coefficient (Wildman–Crippen LogP) is 3.74. The topological polar surface area (TPSA) is 49.3 Å². The van der Waals surface area contributed by atoms with Gasteiger partial charge in [0.1, 0.15) is 0 Å². The number of rotatable bonds is 14. The summed E-state index contributed by atoms with van der Waals surface area (Å²) in [6.07, 6.45) is 10.3. The maximum absolute atomic E-state index is 11.8. The smallest absolute Gasteiger partial charge is 0.219 e. The van der Waals surface area contributed by atoms with Crippen LogP contribution in [0.3, 0.4) is 0 Å². The molecule has 0 aromatic carbocycles. The molecule has 3 nitrogen and oxygen atoms in total. The molecule has 0 bridgehead atoms. The maximum Gasteiger partial charge on any atom is 0.219 e. The highest BCUT2D eigenvalue weighted by Gasteiger charge is 2.01. The summed E-state index contributed by atoms with van der Waals surface area (Å²) < 4.78 is 11.8. The van der Waals surface area contributed by atoms with Crippen molar-refractivity contribution in [3.05, 3.63) is 0 Å². The second-order valence-electron chi connectivity index (χ2n) is 5.61. The first-order valence-electron chi connectivity index (χ1n) is 8.17. The average Bonchev–Trinajstić information content (AvgIpc) is 2.41. The lowest BCUT2D eigenvalue weighted by Crippen LogP contribution is -2.24. The summed E-state index contributed by atoms with van der Waals surface area (Å²) in [4.78, 5) is 11.5. The zero-order valence-corrected chi connectivity index (χ0v) is 13.0. The quantitative estimate of drug-likeness (QED) is 0.479. The van der Waals surface area contributed by atoms with Crippen LogP contribution in [0.2, 0.25) is 0 Å². The molecule has 0 aromatic rings. The lowest BCUT2D eigenvalue weighted by molar-refractivity contribution is -0.121. The number of nitrogens with one attached hydrogen (secondary N) is 1. The number of hydrogen-bond acceptors (Lipinski definition) is 2. The third-order valence-electron chi connectivity index (χ3n) is 3.41. The first kappa shape index (κ1) is 19.4. The standard InChI is InChI=1S/C16H32FNO2/c1-15(19)11-10-14-18-16(20)12-8-6-4-2-3-5-7-9-13-17/h15,19H,2-14H2,1H3,(H,18,20). The van der Waals surface area contributed by atoms with Crippen LogP contribution in [-0.2, 0) is 4.79 Å². The molecule has 1 unspecified atom stereocenters. The average molecular weight is 289 g/mol. The minimum atomic E-state index is -0.281. The van der Waals surface area contributed by atoms with Crippen molar-refractivity contribution in [3.63, 3.8) is 0 Å². The van der Waals surface area contributed by atoms with Crippen molar-refractivity contribution in [1.29, 1.82) is 0 Å². The van der Waals surface area contributed by atoms with Gasteiger partial charge in [-0.1, -0.05) is 38.5 Å². The Balaban J connectivity index is 3.15. The Kier molecular flexibility index (Phi) is 14.3. The molecule has 0 spiro atoms. The number of aliphatic hydroxyl groups excluding tert-OH is 1. The molecule has 1 amide bonds. The van der Waals surface area contributed by atoms with E-state index in [1.807, 2.05) is 0 Å². The number of unbranched alkanes of at least 4 members (excludes halogenated alkanes) is 7. The van der Waals surface area contributed by atoms with Crippen molar-refractivity contribution < 1.29 is 14.3 Å². The number of aliphatic hydroxyl groups is 1. The number of hydrogen-bond donors (Lipinski definition) is 2. The summed E-state index contributed by atoms with van der Waals surface area (Å²) >= 11 is 0. The van der Waals surface area contributed by atoms with Crippen LogP contribution < -0.4 is 5.32 Å². The van der Waals surface area contributed by atoms with E-state index in [0.29, 0.717) is 19.4 Å². The molecule has 0 heterocycles. The molecular formula is C16H32FNO2. The number of halogens is 1. The molecular weight excluding hydrogens is 257 g/mol. The van der Waals surface area contributed by atoms with Crippen molar-refractivity contribution in [2.45, 2.75) is 83.7 Å². The summed E-state index contributed by atoms with van der Waals surface area (Å²) in [5.74, 6) is 0.124. The van der Waals surface area contributed by atoms with Crippen molar-refractivity contribution in [2.75, 3.05) is 13.2 Å². The van der Waals surface area contributed by atoms with Crippen LogP contribution >= 0.6 is 0 Å². The largest absolute Gasteiger partial charge is 0.393 e. The second kappa shape index (κ2) is 14.8. The molecule has 20 heavy (non-hydrogen) atoms. The number of alkyl halides is 1. The highest BCUT2D eigenvalue weighted by Crippen LogP contribution is 2.09. The van der Waals surface area contributed by atoms with Gasteiger partial charge in [-0.25, -0.2) is 0 Å². The highest BCUT2D eigenvalue weighted by atomic mass is 19.1. The van der Waals surface area contributed by atoms with Gasteiger partial charge >= 0.3 is 0 Å². The molecule has 0 saturated heterocycles. The van der Waals surface area contributed by atoms with Crippen LogP contribution in [0.1, 0.15) is 77.6 Å².